The quantitative estimate of drug-likeness (QED) is 0.584. The van der Waals surface area contributed by atoms with Crippen LogP contribution in [0.3, 0.4) is 0 Å². The van der Waals surface area contributed by atoms with Crippen molar-refractivity contribution in [2.45, 2.75) is 31.8 Å². The molecule has 2 aliphatic rings. The molecule has 1 atom stereocenters. The maximum Gasteiger partial charge on any atom is 0.146 e. The molecule has 1 aliphatic carbocycles. The number of hydrogen-bond donors (Lipinski definition) is 1. The fourth-order valence-corrected chi connectivity index (χ4v) is 5.98. The van der Waals surface area contributed by atoms with Crippen LogP contribution in [0.4, 0.5) is 10.2 Å². The third-order valence-electron chi connectivity index (χ3n) is 6.40. The van der Waals surface area contributed by atoms with E-state index in [1.807, 2.05) is 31.5 Å². The summed E-state index contributed by atoms with van der Waals surface area (Å²) in [6, 6.07) is 6.90. The molecule has 1 fully saturated rings. The third-order valence-corrected chi connectivity index (χ3v) is 7.59. The van der Waals surface area contributed by atoms with E-state index in [1.54, 1.807) is 12.1 Å². The van der Waals surface area contributed by atoms with Crippen molar-refractivity contribution in [1.29, 1.82) is 0 Å². The first-order valence-corrected chi connectivity index (χ1v) is 12.2. The van der Waals surface area contributed by atoms with Crippen molar-refractivity contribution in [3.8, 4) is 0 Å². The van der Waals surface area contributed by atoms with Gasteiger partial charge in [-0.3, -0.25) is 4.90 Å². The van der Waals surface area contributed by atoms with Gasteiger partial charge >= 0.3 is 0 Å². The topological polar surface area (TPSA) is 53.5 Å². The number of fused-ring (bicyclic) bond motifs is 3. The van der Waals surface area contributed by atoms with E-state index >= 15 is 0 Å². The van der Waals surface area contributed by atoms with Gasteiger partial charge in [-0.05, 0) is 56.6 Å². The Bertz CT molecular complexity index is 1100. The van der Waals surface area contributed by atoms with Gasteiger partial charge in [0, 0.05) is 24.5 Å². The molecule has 1 aliphatic heterocycles. The summed E-state index contributed by atoms with van der Waals surface area (Å²) in [7, 11) is 4.05. The number of aryl methyl sites for hydroxylation is 2. The van der Waals surface area contributed by atoms with Gasteiger partial charge in [0.2, 0.25) is 0 Å². The van der Waals surface area contributed by atoms with E-state index in [-0.39, 0.29) is 11.9 Å². The summed E-state index contributed by atoms with van der Waals surface area (Å²) in [4.78, 5) is 17.0. The van der Waals surface area contributed by atoms with Crippen LogP contribution in [-0.4, -0.2) is 66.7 Å². The van der Waals surface area contributed by atoms with Gasteiger partial charge in [-0.2, -0.15) is 0 Å². The molecule has 2 aromatic heterocycles. The highest BCUT2D eigenvalue weighted by atomic mass is 32.1. The van der Waals surface area contributed by atoms with E-state index in [2.05, 4.69) is 15.1 Å². The summed E-state index contributed by atoms with van der Waals surface area (Å²) in [5.41, 5.74) is 2.37. The molecule has 3 aromatic rings. The summed E-state index contributed by atoms with van der Waals surface area (Å²) in [6.45, 7) is 4.72. The highest BCUT2D eigenvalue weighted by Gasteiger charge is 2.24. The molecule has 5 rings (SSSR count). The molecule has 1 N–H and O–H groups in total. The van der Waals surface area contributed by atoms with Crippen molar-refractivity contribution in [3.63, 3.8) is 0 Å². The predicted octanol–water partition coefficient (Wildman–Crippen LogP) is 3.87. The Labute approximate surface area is 192 Å². The lowest BCUT2D eigenvalue weighted by atomic mass is 10.1. The molecular formula is C24H30FN5OS. The number of benzene rings is 1. The Morgan fingerprint density at radius 1 is 1.22 bits per heavy atom. The summed E-state index contributed by atoms with van der Waals surface area (Å²) in [6.07, 6.45) is 3.44. The maximum atomic E-state index is 13.9. The van der Waals surface area contributed by atoms with Crippen molar-refractivity contribution >= 4 is 27.4 Å². The number of aromatic nitrogens is 2. The van der Waals surface area contributed by atoms with Crippen LogP contribution < -0.4 is 5.32 Å². The average molecular weight is 456 g/mol. The number of hydrogen-bond acceptors (Lipinski definition) is 7. The Hall–Kier alpha value is -2.13. The number of morpholine rings is 1. The Kier molecular flexibility index (Phi) is 6.37. The molecule has 32 heavy (non-hydrogen) atoms. The van der Waals surface area contributed by atoms with Gasteiger partial charge in [-0.15, -0.1) is 11.3 Å². The van der Waals surface area contributed by atoms with Crippen molar-refractivity contribution in [3.05, 3.63) is 51.9 Å². The SMILES string of the molecule is CN(C)[C@H](CNc1nc(CN2CCOCC2)nc2sc3c(c12)CCC3)c1cccc(F)c1. The minimum absolute atomic E-state index is 0.0325. The second-order valence-electron chi connectivity index (χ2n) is 8.83. The molecule has 3 heterocycles. The zero-order chi connectivity index (χ0) is 22.1. The number of likely N-dealkylation sites (N-methyl/N-ethyl adjacent to an activating group) is 1. The van der Waals surface area contributed by atoms with Crippen LogP contribution in [0.1, 0.15) is 34.3 Å². The second kappa shape index (κ2) is 9.39. The highest BCUT2D eigenvalue weighted by molar-refractivity contribution is 7.19. The minimum Gasteiger partial charge on any atom is -0.379 e. The molecule has 0 unspecified atom stereocenters. The van der Waals surface area contributed by atoms with E-state index in [1.165, 1.54) is 28.3 Å². The molecule has 0 spiro atoms. The standard InChI is InChI=1S/C24H30FN5OS/c1-29(2)19(16-5-3-6-17(25)13-16)14-26-23-22-18-7-4-8-20(18)32-24(22)28-21(27-23)15-30-9-11-31-12-10-30/h3,5-6,13,19H,4,7-12,14-15H2,1-2H3,(H,26,27,28)/t19-/m1/s1. The van der Waals surface area contributed by atoms with Crippen LogP contribution in [0, 0.1) is 5.82 Å². The number of nitrogens with one attached hydrogen (secondary N) is 1. The zero-order valence-electron chi connectivity index (χ0n) is 18.7. The fourth-order valence-electron chi connectivity index (χ4n) is 4.70. The first kappa shape index (κ1) is 21.7. The van der Waals surface area contributed by atoms with Crippen molar-refractivity contribution in [2.75, 3.05) is 52.3 Å². The van der Waals surface area contributed by atoms with Crippen molar-refractivity contribution in [1.82, 2.24) is 19.8 Å². The summed E-state index contributed by atoms with van der Waals surface area (Å²) in [5, 5.41) is 4.81. The number of ether oxygens (including phenoxy) is 1. The number of nitrogens with zero attached hydrogens (tertiary/aromatic N) is 4. The first-order valence-electron chi connectivity index (χ1n) is 11.4. The fraction of sp³-hybridized carbons (Fsp3) is 0.500. The molecule has 170 valence electrons. The molecule has 0 bridgehead atoms. The van der Waals surface area contributed by atoms with E-state index in [9.17, 15) is 4.39 Å². The largest absolute Gasteiger partial charge is 0.379 e. The maximum absolute atomic E-state index is 13.9. The summed E-state index contributed by atoms with van der Waals surface area (Å²) < 4.78 is 19.4. The molecule has 1 saturated heterocycles. The smallest absolute Gasteiger partial charge is 0.146 e. The Balaban J connectivity index is 1.45. The second-order valence-corrected chi connectivity index (χ2v) is 9.91. The Morgan fingerprint density at radius 2 is 2.06 bits per heavy atom. The van der Waals surface area contributed by atoms with Gasteiger partial charge in [0.05, 0.1) is 31.2 Å². The molecule has 6 nitrogen and oxygen atoms in total. The summed E-state index contributed by atoms with van der Waals surface area (Å²) in [5.74, 6) is 1.57. The minimum atomic E-state index is -0.206. The van der Waals surface area contributed by atoms with Crippen LogP contribution in [0.25, 0.3) is 10.2 Å². The van der Waals surface area contributed by atoms with Crippen molar-refractivity contribution in [2.24, 2.45) is 0 Å². The van der Waals surface area contributed by atoms with Gasteiger partial charge in [0.25, 0.3) is 0 Å². The lowest BCUT2D eigenvalue weighted by Gasteiger charge is -2.27. The molecule has 0 saturated carbocycles. The first-order chi connectivity index (χ1) is 15.6. The molecular weight excluding hydrogens is 425 g/mol. The normalized spacial score (nSPS) is 17.8. The van der Waals surface area contributed by atoms with Crippen LogP contribution in [0.2, 0.25) is 0 Å². The van der Waals surface area contributed by atoms with Gasteiger partial charge in [0.1, 0.15) is 22.3 Å². The van der Waals surface area contributed by atoms with Gasteiger partial charge in [-0.25, -0.2) is 14.4 Å². The van der Waals surface area contributed by atoms with Crippen LogP contribution in [0.15, 0.2) is 24.3 Å². The van der Waals surface area contributed by atoms with E-state index < -0.39 is 0 Å². The number of anilines is 1. The predicted molar refractivity (Wildman–Crippen MR) is 127 cm³/mol. The van der Waals surface area contributed by atoms with E-state index in [0.717, 1.165) is 67.7 Å². The number of thiophene rings is 1. The number of rotatable bonds is 7. The van der Waals surface area contributed by atoms with E-state index in [0.29, 0.717) is 6.54 Å². The summed E-state index contributed by atoms with van der Waals surface area (Å²) >= 11 is 1.82. The zero-order valence-corrected chi connectivity index (χ0v) is 19.6. The average Bonchev–Trinajstić information content (AvgIpc) is 3.35. The van der Waals surface area contributed by atoms with Gasteiger partial charge in [-0.1, -0.05) is 12.1 Å². The van der Waals surface area contributed by atoms with Gasteiger partial charge in [0.15, 0.2) is 0 Å². The lowest BCUT2D eigenvalue weighted by Crippen LogP contribution is -2.36. The molecule has 0 radical (unpaired) electrons. The molecule has 1 aromatic carbocycles. The monoisotopic (exact) mass is 455 g/mol. The number of halogens is 1. The van der Waals surface area contributed by atoms with E-state index in [4.69, 9.17) is 14.7 Å². The van der Waals surface area contributed by atoms with Crippen LogP contribution >= 0.6 is 11.3 Å². The highest BCUT2D eigenvalue weighted by Crippen LogP contribution is 2.39. The van der Waals surface area contributed by atoms with Crippen LogP contribution in [0.5, 0.6) is 0 Å². The molecule has 8 heteroatoms. The Morgan fingerprint density at radius 3 is 2.84 bits per heavy atom. The van der Waals surface area contributed by atoms with Crippen LogP contribution in [-0.2, 0) is 24.1 Å². The van der Waals surface area contributed by atoms with Gasteiger partial charge < -0.3 is 15.0 Å². The molecule has 0 amide bonds. The van der Waals surface area contributed by atoms with Crippen molar-refractivity contribution < 1.29 is 9.13 Å². The third kappa shape index (κ3) is 4.50. The lowest BCUT2D eigenvalue weighted by molar-refractivity contribution is 0.0331.